The Kier molecular flexibility index (Phi) is 3.87. The molecule has 0 aromatic rings. The van der Waals surface area contributed by atoms with Gasteiger partial charge < -0.3 is 9.47 Å². The predicted molar refractivity (Wildman–Crippen MR) is 79.5 cm³/mol. The van der Waals surface area contributed by atoms with Gasteiger partial charge in [-0.3, -0.25) is 9.80 Å². The van der Waals surface area contributed by atoms with Crippen molar-refractivity contribution in [2.75, 3.05) is 26.2 Å². The monoisotopic (exact) mass is 282 g/mol. The fourth-order valence-corrected chi connectivity index (χ4v) is 3.96. The van der Waals surface area contributed by atoms with E-state index in [1.54, 1.807) is 0 Å². The Morgan fingerprint density at radius 1 is 0.650 bits per heavy atom. The Balaban J connectivity index is 1.78. The fraction of sp³-hybridized carbons (Fsp3) is 1.00. The van der Waals surface area contributed by atoms with E-state index in [-0.39, 0.29) is 23.7 Å². The Hall–Kier alpha value is -0.160. The van der Waals surface area contributed by atoms with Crippen molar-refractivity contribution in [2.45, 2.75) is 77.0 Å². The normalized spacial score (nSPS) is 38.4. The molecule has 3 heterocycles. The maximum absolute atomic E-state index is 6.56. The van der Waals surface area contributed by atoms with Crippen molar-refractivity contribution in [3.8, 4) is 0 Å². The molecule has 0 N–H and O–H groups in total. The first-order valence-corrected chi connectivity index (χ1v) is 8.24. The third kappa shape index (κ3) is 2.63. The Morgan fingerprint density at radius 2 is 0.950 bits per heavy atom. The molecule has 0 unspecified atom stereocenters. The largest absolute Gasteiger partial charge is 0.350 e. The highest BCUT2D eigenvalue weighted by Crippen LogP contribution is 2.39. The summed E-state index contributed by atoms with van der Waals surface area (Å²) in [7, 11) is 0. The highest BCUT2D eigenvalue weighted by molar-refractivity contribution is 4.96. The summed E-state index contributed by atoms with van der Waals surface area (Å²) < 4.78 is 13.1. The van der Waals surface area contributed by atoms with E-state index in [2.05, 4.69) is 37.5 Å². The minimum Gasteiger partial charge on any atom is -0.350 e. The molecular formula is C16H30N2O2. The molecule has 0 radical (unpaired) electrons. The molecule has 0 saturated carbocycles. The van der Waals surface area contributed by atoms with Gasteiger partial charge in [0.1, 0.15) is 23.7 Å². The molecule has 0 bridgehead atoms. The first kappa shape index (κ1) is 14.8. The molecule has 116 valence electrons. The Labute approximate surface area is 123 Å². The summed E-state index contributed by atoms with van der Waals surface area (Å²) in [4.78, 5) is 4.92. The minimum absolute atomic E-state index is 0.0823. The lowest BCUT2D eigenvalue weighted by Gasteiger charge is -2.55. The van der Waals surface area contributed by atoms with Crippen LogP contribution in [-0.2, 0) is 9.47 Å². The van der Waals surface area contributed by atoms with Gasteiger partial charge in [0.15, 0.2) is 0 Å². The van der Waals surface area contributed by atoms with Crippen LogP contribution in [0.2, 0.25) is 0 Å². The molecule has 3 saturated heterocycles. The molecule has 4 nitrogen and oxygen atoms in total. The third-order valence-corrected chi connectivity index (χ3v) is 4.96. The summed E-state index contributed by atoms with van der Waals surface area (Å²) >= 11 is 0. The summed E-state index contributed by atoms with van der Waals surface area (Å²) in [5.74, 6) is 0. The molecule has 0 spiro atoms. The molecule has 3 aliphatic heterocycles. The summed E-state index contributed by atoms with van der Waals surface area (Å²) in [5, 5.41) is 0. The Morgan fingerprint density at radius 3 is 1.25 bits per heavy atom. The third-order valence-electron chi connectivity index (χ3n) is 4.96. The number of hydrogen-bond acceptors (Lipinski definition) is 4. The van der Waals surface area contributed by atoms with Crippen LogP contribution in [0.3, 0.4) is 0 Å². The first-order chi connectivity index (χ1) is 9.40. The van der Waals surface area contributed by atoms with Crippen LogP contribution >= 0.6 is 0 Å². The van der Waals surface area contributed by atoms with Crippen molar-refractivity contribution < 1.29 is 9.47 Å². The highest BCUT2D eigenvalue weighted by Gasteiger charge is 2.52. The van der Waals surface area contributed by atoms with E-state index in [0.29, 0.717) is 0 Å². The fourth-order valence-electron chi connectivity index (χ4n) is 3.96. The van der Waals surface area contributed by atoms with Crippen molar-refractivity contribution in [1.82, 2.24) is 9.80 Å². The molecule has 3 rings (SSSR count). The van der Waals surface area contributed by atoms with Crippen LogP contribution in [0, 0.1) is 0 Å². The van der Waals surface area contributed by atoms with Crippen LogP contribution in [0.1, 0.15) is 53.4 Å². The molecule has 3 fully saturated rings. The van der Waals surface area contributed by atoms with Gasteiger partial charge in [0.05, 0.1) is 0 Å². The number of likely N-dealkylation sites (tertiary alicyclic amines) is 2. The second-order valence-electron chi connectivity index (χ2n) is 7.63. The zero-order valence-corrected chi connectivity index (χ0v) is 13.5. The van der Waals surface area contributed by atoms with Crippen LogP contribution < -0.4 is 0 Å². The van der Waals surface area contributed by atoms with Gasteiger partial charge >= 0.3 is 0 Å². The summed E-state index contributed by atoms with van der Waals surface area (Å²) in [5.41, 5.74) is -0.486. The quantitative estimate of drug-likeness (QED) is 0.776. The van der Waals surface area contributed by atoms with Crippen LogP contribution in [0.25, 0.3) is 0 Å². The molecule has 0 aromatic heterocycles. The van der Waals surface area contributed by atoms with E-state index in [1.807, 2.05) is 0 Å². The number of rotatable bonds is 2. The van der Waals surface area contributed by atoms with Gasteiger partial charge in [0.25, 0.3) is 0 Å². The van der Waals surface area contributed by atoms with E-state index in [1.165, 1.54) is 25.7 Å². The molecule has 0 aromatic carbocycles. The lowest BCUT2D eigenvalue weighted by molar-refractivity contribution is -0.349. The summed E-state index contributed by atoms with van der Waals surface area (Å²) in [6, 6.07) is 0. The number of nitrogens with zero attached hydrogens (tertiary/aromatic N) is 2. The maximum atomic E-state index is 6.56. The van der Waals surface area contributed by atoms with Gasteiger partial charge in [-0.1, -0.05) is 0 Å². The lowest BCUT2D eigenvalue weighted by Crippen LogP contribution is -2.67. The van der Waals surface area contributed by atoms with E-state index in [9.17, 15) is 0 Å². The predicted octanol–water partition coefficient (Wildman–Crippen LogP) is 2.43. The average molecular weight is 282 g/mol. The number of hydrogen-bond donors (Lipinski definition) is 0. The molecule has 4 heteroatoms. The first-order valence-electron chi connectivity index (χ1n) is 8.24. The van der Waals surface area contributed by atoms with Crippen molar-refractivity contribution in [3.05, 3.63) is 0 Å². The summed E-state index contributed by atoms with van der Waals surface area (Å²) in [6.07, 6.45) is 5.30. The zero-order valence-electron chi connectivity index (χ0n) is 13.5. The van der Waals surface area contributed by atoms with Crippen LogP contribution in [0.15, 0.2) is 0 Å². The van der Waals surface area contributed by atoms with Gasteiger partial charge in [-0.05, 0) is 53.4 Å². The van der Waals surface area contributed by atoms with Gasteiger partial charge in [-0.25, -0.2) is 0 Å². The number of ether oxygens (including phenoxy) is 2. The zero-order chi connectivity index (χ0) is 14.4. The molecule has 0 amide bonds. The van der Waals surface area contributed by atoms with Gasteiger partial charge in [0, 0.05) is 26.2 Å². The highest BCUT2D eigenvalue weighted by atomic mass is 16.6. The van der Waals surface area contributed by atoms with Gasteiger partial charge in [0.2, 0.25) is 0 Å². The summed E-state index contributed by atoms with van der Waals surface area (Å²) in [6.45, 7) is 13.3. The van der Waals surface area contributed by atoms with Crippen LogP contribution in [0.4, 0.5) is 0 Å². The van der Waals surface area contributed by atoms with Crippen molar-refractivity contribution >= 4 is 0 Å². The molecular weight excluding hydrogens is 252 g/mol. The van der Waals surface area contributed by atoms with Crippen molar-refractivity contribution in [2.24, 2.45) is 0 Å². The molecule has 20 heavy (non-hydrogen) atoms. The second-order valence-corrected chi connectivity index (χ2v) is 7.63. The second kappa shape index (κ2) is 5.24. The van der Waals surface area contributed by atoms with E-state index >= 15 is 0 Å². The lowest BCUT2D eigenvalue weighted by atomic mass is 9.97. The van der Waals surface area contributed by atoms with Gasteiger partial charge in [-0.2, -0.15) is 0 Å². The topological polar surface area (TPSA) is 24.9 Å². The van der Waals surface area contributed by atoms with Crippen molar-refractivity contribution in [3.63, 3.8) is 0 Å². The molecule has 3 aliphatic rings. The maximum Gasteiger partial charge on any atom is 0.140 e. The van der Waals surface area contributed by atoms with Gasteiger partial charge in [-0.15, -0.1) is 0 Å². The smallest absolute Gasteiger partial charge is 0.140 e. The Bertz CT molecular complexity index is 310. The molecule has 2 atom stereocenters. The average Bonchev–Trinajstić information content (AvgIpc) is 3.04. The van der Waals surface area contributed by atoms with E-state index in [4.69, 9.17) is 9.47 Å². The molecule has 0 aliphatic carbocycles. The van der Waals surface area contributed by atoms with Crippen molar-refractivity contribution in [1.29, 1.82) is 0 Å². The standard InChI is InChI=1S/C16H30N2O2/c1-15(2)13(17-9-5-6-10-17)20-16(3,4)14(19-15)18-11-7-8-12-18/h13-14H,5-12H2,1-4H3/t13-,14+. The van der Waals surface area contributed by atoms with Crippen LogP contribution in [-0.4, -0.2) is 59.6 Å². The van der Waals surface area contributed by atoms with Crippen LogP contribution in [0.5, 0.6) is 0 Å². The van der Waals surface area contributed by atoms with E-state index < -0.39 is 0 Å². The van der Waals surface area contributed by atoms with E-state index in [0.717, 1.165) is 26.2 Å². The minimum atomic E-state index is -0.243. The SMILES string of the molecule is CC1(C)O[C@@H](N2CCCC2)C(C)(C)O[C@@H]1N1CCCC1.